The van der Waals surface area contributed by atoms with E-state index in [1.807, 2.05) is 12.4 Å². The van der Waals surface area contributed by atoms with E-state index in [2.05, 4.69) is 22.9 Å². The fourth-order valence-electron chi connectivity index (χ4n) is 3.26. The molecule has 16 heavy (non-hydrogen) atoms. The second-order valence-electron chi connectivity index (χ2n) is 5.41. The van der Waals surface area contributed by atoms with Crippen LogP contribution < -0.4 is 0 Å². The fraction of sp³-hybridized carbons (Fsp3) is 0.643. The first kappa shape index (κ1) is 10.3. The molecule has 2 nitrogen and oxygen atoms in total. The predicted octanol–water partition coefficient (Wildman–Crippen LogP) is 2.91. The van der Waals surface area contributed by atoms with Gasteiger partial charge in [-0.2, -0.15) is 0 Å². The summed E-state index contributed by atoms with van der Waals surface area (Å²) in [5.74, 6) is 0. The topological polar surface area (TPSA) is 16.1 Å². The number of hydrogen-bond acceptors (Lipinski definition) is 2. The van der Waals surface area contributed by atoms with Gasteiger partial charge in [0.25, 0.3) is 0 Å². The van der Waals surface area contributed by atoms with Crippen molar-refractivity contribution in [1.82, 2.24) is 9.88 Å². The van der Waals surface area contributed by atoms with Gasteiger partial charge in [0.2, 0.25) is 0 Å². The van der Waals surface area contributed by atoms with E-state index in [1.54, 1.807) is 0 Å². The van der Waals surface area contributed by atoms with E-state index in [4.69, 9.17) is 0 Å². The molecular formula is C14H20N2. The summed E-state index contributed by atoms with van der Waals surface area (Å²) in [6.07, 6.45) is 11.0. The summed E-state index contributed by atoms with van der Waals surface area (Å²) in [6.45, 7) is 4.59. The van der Waals surface area contributed by atoms with Crippen LogP contribution in [0.5, 0.6) is 0 Å². The number of hydrogen-bond donors (Lipinski definition) is 0. The fourth-order valence-corrected chi connectivity index (χ4v) is 3.26. The second kappa shape index (κ2) is 3.85. The van der Waals surface area contributed by atoms with Crippen molar-refractivity contribution in [3.05, 3.63) is 29.6 Å². The normalized spacial score (nSPS) is 23.6. The minimum absolute atomic E-state index is 0.586. The number of nitrogens with zero attached hydrogens (tertiary/aromatic N) is 2. The summed E-state index contributed by atoms with van der Waals surface area (Å²) in [6, 6.07) is 2.12. The van der Waals surface area contributed by atoms with Gasteiger partial charge in [0.15, 0.2) is 0 Å². The number of aromatic nitrogens is 1. The molecule has 1 saturated carbocycles. The monoisotopic (exact) mass is 216 g/mol. The maximum atomic E-state index is 4.25. The summed E-state index contributed by atoms with van der Waals surface area (Å²) in [5.41, 5.74) is 3.38. The molecule has 1 aliphatic heterocycles. The Bertz CT molecular complexity index is 382. The van der Waals surface area contributed by atoms with Crippen molar-refractivity contribution in [1.29, 1.82) is 0 Å². The third-order valence-corrected chi connectivity index (χ3v) is 4.53. The zero-order valence-corrected chi connectivity index (χ0v) is 10.1. The highest BCUT2D eigenvalue weighted by Gasteiger charge is 2.45. The van der Waals surface area contributed by atoms with Crippen molar-refractivity contribution in [3.8, 4) is 0 Å². The van der Waals surface area contributed by atoms with Crippen molar-refractivity contribution in [2.75, 3.05) is 6.54 Å². The molecular weight excluding hydrogens is 196 g/mol. The summed E-state index contributed by atoms with van der Waals surface area (Å²) >= 11 is 0. The predicted molar refractivity (Wildman–Crippen MR) is 65.2 cm³/mol. The van der Waals surface area contributed by atoms with Crippen LogP contribution >= 0.6 is 0 Å². The molecule has 0 amide bonds. The minimum Gasteiger partial charge on any atom is -0.293 e. The van der Waals surface area contributed by atoms with Crippen LogP contribution in [-0.2, 0) is 6.54 Å². The van der Waals surface area contributed by atoms with Crippen molar-refractivity contribution in [2.45, 2.75) is 51.1 Å². The molecule has 1 saturated heterocycles. The van der Waals surface area contributed by atoms with E-state index in [9.17, 15) is 0 Å². The Balaban J connectivity index is 1.77. The smallest absolute Gasteiger partial charge is 0.0315 e. The molecule has 0 atom stereocenters. The van der Waals surface area contributed by atoms with E-state index < -0.39 is 0 Å². The van der Waals surface area contributed by atoms with Crippen LogP contribution in [0.25, 0.3) is 0 Å². The molecule has 86 valence electrons. The minimum atomic E-state index is 0.586. The maximum absolute atomic E-state index is 4.25. The Labute approximate surface area is 97.7 Å². The standard InChI is InChI=1S/C14H20N2/c1-12-4-8-15-10-13(12)11-16-9-3-7-14(16)5-2-6-14/h4,8,10H,2-3,5-7,9,11H2,1H3. The number of likely N-dealkylation sites (tertiary alicyclic amines) is 1. The van der Waals surface area contributed by atoms with Gasteiger partial charge in [0.1, 0.15) is 0 Å². The molecule has 3 rings (SSSR count). The molecule has 0 unspecified atom stereocenters. The Hall–Kier alpha value is -0.890. The van der Waals surface area contributed by atoms with Crippen LogP contribution in [0.2, 0.25) is 0 Å². The zero-order valence-electron chi connectivity index (χ0n) is 10.1. The number of rotatable bonds is 2. The number of pyridine rings is 1. The maximum Gasteiger partial charge on any atom is 0.0315 e. The highest BCUT2D eigenvalue weighted by Crippen LogP contribution is 2.46. The summed E-state index contributed by atoms with van der Waals surface area (Å²) < 4.78 is 0. The van der Waals surface area contributed by atoms with Gasteiger partial charge in [-0.25, -0.2) is 0 Å². The van der Waals surface area contributed by atoms with Gasteiger partial charge >= 0.3 is 0 Å². The molecule has 1 aromatic rings. The molecule has 0 N–H and O–H groups in total. The quantitative estimate of drug-likeness (QED) is 0.755. The molecule has 0 aromatic carbocycles. The van der Waals surface area contributed by atoms with E-state index >= 15 is 0 Å². The molecule has 0 bridgehead atoms. The Kier molecular flexibility index (Phi) is 2.47. The van der Waals surface area contributed by atoms with Crippen LogP contribution in [0.3, 0.4) is 0 Å². The SMILES string of the molecule is Cc1ccncc1CN1CCCC12CCC2. The lowest BCUT2D eigenvalue weighted by Crippen LogP contribution is -2.48. The molecule has 2 fully saturated rings. The highest BCUT2D eigenvalue weighted by molar-refractivity contribution is 5.22. The van der Waals surface area contributed by atoms with Gasteiger partial charge < -0.3 is 0 Å². The van der Waals surface area contributed by atoms with E-state index in [-0.39, 0.29) is 0 Å². The van der Waals surface area contributed by atoms with Crippen LogP contribution in [0.1, 0.15) is 43.2 Å². The molecule has 1 aliphatic carbocycles. The van der Waals surface area contributed by atoms with E-state index in [0.717, 1.165) is 6.54 Å². The molecule has 1 spiro atoms. The first-order chi connectivity index (χ1) is 7.80. The van der Waals surface area contributed by atoms with Crippen LogP contribution in [0.4, 0.5) is 0 Å². The van der Waals surface area contributed by atoms with Crippen molar-refractivity contribution in [2.24, 2.45) is 0 Å². The number of aryl methyl sites for hydroxylation is 1. The van der Waals surface area contributed by atoms with E-state index in [0.29, 0.717) is 5.54 Å². The highest BCUT2D eigenvalue weighted by atomic mass is 15.2. The van der Waals surface area contributed by atoms with E-state index in [1.165, 1.54) is 49.8 Å². The van der Waals surface area contributed by atoms with Crippen LogP contribution in [0.15, 0.2) is 18.5 Å². The lowest BCUT2D eigenvalue weighted by Gasteiger charge is -2.46. The third kappa shape index (κ3) is 1.56. The summed E-state index contributed by atoms with van der Waals surface area (Å²) in [5, 5.41) is 0. The van der Waals surface area contributed by atoms with Gasteiger partial charge in [-0.3, -0.25) is 9.88 Å². The molecule has 2 heteroatoms. The third-order valence-electron chi connectivity index (χ3n) is 4.53. The van der Waals surface area contributed by atoms with Crippen LogP contribution in [-0.4, -0.2) is 22.0 Å². The molecule has 2 heterocycles. The summed E-state index contributed by atoms with van der Waals surface area (Å²) in [7, 11) is 0. The molecule has 2 aliphatic rings. The van der Waals surface area contributed by atoms with Gasteiger partial charge in [-0.15, -0.1) is 0 Å². The Morgan fingerprint density at radius 3 is 2.81 bits per heavy atom. The van der Waals surface area contributed by atoms with Gasteiger partial charge in [-0.1, -0.05) is 0 Å². The zero-order chi connectivity index (χ0) is 11.0. The largest absolute Gasteiger partial charge is 0.293 e. The van der Waals surface area contributed by atoms with Gasteiger partial charge in [0.05, 0.1) is 0 Å². The molecule has 1 aromatic heterocycles. The molecule has 0 radical (unpaired) electrons. The first-order valence-electron chi connectivity index (χ1n) is 6.45. The van der Waals surface area contributed by atoms with Gasteiger partial charge in [0, 0.05) is 24.5 Å². The second-order valence-corrected chi connectivity index (χ2v) is 5.41. The lowest BCUT2D eigenvalue weighted by atomic mass is 9.75. The average molecular weight is 216 g/mol. The van der Waals surface area contributed by atoms with Crippen molar-refractivity contribution >= 4 is 0 Å². The lowest BCUT2D eigenvalue weighted by molar-refractivity contribution is 0.0493. The van der Waals surface area contributed by atoms with Crippen LogP contribution in [0, 0.1) is 6.92 Å². The first-order valence-corrected chi connectivity index (χ1v) is 6.45. The average Bonchev–Trinajstić information content (AvgIpc) is 2.65. The Morgan fingerprint density at radius 1 is 1.31 bits per heavy atom. The van der Waals surface area contributed by atoms with Crippen molar-refractivity contribution in [3.63, 3.8) is 0 Å². The van der Waals surface area contributed by atoms with Crippen molar-refractivity contribution < 1.29 is 0 Å². The summed E-state index contributed by atoms with van der Waals surface area (Å²) in [4.78, 5) is 6.96. The Morgan fingerprint density at radius 2 is 2.12 bits per heavy atom. The van der Waals surface area contributed by atoms with Gasteiger partial charge in [-0.05, 0) is 62.8 Å².